The first-order valence-corrected chi connectivity index (χ1v) is 6.53. The fraction of sp³-hybridized carbons (Fsp3) is 0. The number of benzene rings is 1. The van der Waals surface area contributed by atoms with Crippen LogP contribution in [0.5, 0.6) is 0 Å². The molecule has 0 saturated carbocycles. The van der Waals surface area contributed by atoms with E-state index < -0.39 is 11.8 Å². The first kappa shape index (κ1) is 13.7. The molecule has 0 saturated heterocycles. The van der Waals surface area contributed by atoms with Crippen LogP contribution in [0.15, 0.2) is 63.6 Å². The molecule has 0 aliphatic carbocycles. The summed E-state index contributed by atoms with van der Waals surface area (Å²) in [6, 6.07) is 12.4. The van der Waals surface area contributed by atoms with Gasteiger partial charge in [0.15, 0.2) is 5.76 Å². The molecule has 0 radical (unpaired) electrons. The minimum Gasteiger partial charge on any atom is -0.459 e. The van der Waals surface area contributed by atoms with Gasteiger partial charge >= 0.3 is 5.91 Å². The molecule has 0 aliphatic heterocycles. The Morgan fingerprint density at radius 3 is 2.68 bits per heavy atom. The number of para-hydroxylation sites is 1. The zero-order valence-corrected chi connectivity index (χ0v) is 11.4. The molecule has 0 aliphatic rings. The molecule has 6 heteroatoms. The zero-order valence-electron chi connectivity index (χ0n) is 11.4. The maximum absolute atomic E-state index is 11.6. The summed E-state index contributed by atoms with van der Waals surface area (Å²) >= 11 is 0. The molecule has 3 aromatic rings. The number of carbonyl (C=O) groups is 2. The molecular formula is C16H12N2O4. The van der Waals surface area contributed by atoms with Gasteiger partial charge in [0.1, 0.15) is 11.3 Å². The Morgan fingerprint density at radius 2 is 1.91 bits per heavy atom. The van der Waals surface area contributed by atoms with Gasteiger partial charge < -0.3 is 8.83 Å². The van der Waals surface area contributed by atoms with Crippen LogP contribution in [0.25, 0.3) is 17.0 Å². The van der Waals surface area contributed by atoms with Gasteiger partial charge in [-0.1, -0.05) is 18.2 Å². The maximum atomic E-state index is 11.6. The van der Waals surface area contributed by atoms with Gasteiger partial charge in [-0.25, -0.2) is 0 Å². The highest BCUT2D eigenvalue weighted by molar-refractivity contribution is 5.96. The Hall–Kier alpha value is -3.28. The van der Waals surface area contributed by atoms with E-state index in [9.17, 15) is 9.59 Å². The number of rotatable bonds is 3. The van der Waals surface area contributed by atoms with E-state index in [1.807, 2.05) is 30.3 Å². The van der Waals surface area contributed by atoms with Crippen molar-refractivity contribution >= 4 is 28.9 Å². The van der Waals surface area contributed by atoms with Crippen LogP contribution in [0.4, 0.5) is 0 Å². The minimum absolute atomic E-state index is 0.113. The molecule has 2 aromatic heterocycles. The van der Waals surface area contributed by atoms with Crippen molar-refractivity contribution in [1.29, 1.82) is 0 Å². The molecular weight excluding hydrogens is 284 g/mol. The standard InChI is InChI=1S/C16H12N2O4/c19-15(17-18-16(20)14-6-3-9-21-14)8-7-12-10-11-4-1-2-5-13(11)22-12/h1-10H,(H,17,19)(H,18,20). The van der Waals surface area contributed by atoms with Gasteiger partial charge in [-0.2, -0.15) is 0 Å². The third kappa shape index (κ3) is 3.06. The molecule has 6 nitrogen and oxygen atoms in total. The highest BCUT2D eigenvalue weighted by atomic mass is 16.3. The Labute approximate surface area is 125 Å². The summed E-state index contributed by atoms with van der Waals surface area (Å²) in [6.45, 7) is 0. The summed E-state index contributed by atoms with van der Waals surface area (Å²) in [7, 11) is 0. The normalized spacial score (nSPS) is 10.9. The summed E-state index contributed by atoms with van der Waals surface area (Å²) in [6.07, 6.45) is 4.16. The van der Waals surface area contributed by atoms with Crippen molar-refractivity contribution in [2.75, 3.05) is 0 Å². The van der Waals surface area contributed by atoms with Gasteiger partial charge in [-0.15, -0.1) is 0 Å². The van der Waals surface area contributed by atoms with Crippen LogP contribution < -0.4 is 10.9 Å². The van der Waals surface area contributed by atoms with Crippen molar-refractivity contribution in [3.05, 3.63) is 66.3 Å². The molecule has 0 unspecified atom stereocenters. The lowest BCUT2D eigenvalue weighted by Gasteiger charge is -2.02. The SMILES string of the molecule is O=C(C=Cc1cc2ccccc2o1)NNC(=O)c1ccco1. The van der Waals surface area contributed by atoms with Crippen LogP contribution in [0, 0.1) is 0 Å². The van der Waals surface area contributed by atoms with Crippen LogP contribution in [-0.4, -0.2) is 11.8 Å². The number of hydrogen-bond donors (Lipinski definition) is 2. The van der Waals surface area contributed by atoms with E-state index in [4.69, 9.17) is 8.83 Å². The lowest BCUT2D eigenvalue weighted by molar-refractivity contribution is -0.117. The number of furan rings is 2. The quantitative estimate of drug-likeness (QED) is 0.574. The Morgan fingerprint density at radius 1 is 1.05 bits per heavy atom. The van der Waals surface area contributed by atoms with E-state index in [1.165, 1.54) is 24.5 Å². The van der Waals surface area contributed by atoms with E-state index in [2.05, 4.69) is 10.9 Å². The van der Waals surface area contributed by atoms with Gasteiger partial charge in [-0.05, 0) is 30.3 Å². The van der Waals surface area contributed by atoms with E-state index in [1.54, 1.807) is 6.07 Å². The van der Waals surface area contributed by atoms with Crippen LogP contribution in [-0.2, 0) is 4.79 Å². The number of carbonyl (C=O) groups excluding carboxylic acids is 2. The number of hydrazine groups is 1. The van der Waals surface area contributed by atoms with E-state index in [0.717, 1.165) is 11.0 Å². The average molecular weight is 296 g/mol. The molecule has 110 valence electrons. The summed E-state index contributed by atoms with van der Waals surface area (Å²) in [5, 5.41) is 0.952. The van der Waals surface area contributed by atoms with Crippen LogP contribution >= 0.6 is 0 Å². The summed E-state index contributed by atoms with van der Waals surface area (Å²) in [5.41, 5.74) is 5.23. The van der Waals surface area contributed by atoms with Gasteiger partial charge in [0.2, 0.25) is 0 Å². The van der Waals surface area contributed by atoms with Gasteiger partial charge in [-0.3, -0.25) is 20.4 Å². The van der Waals surface area contributed by atoms with Crippen molar-refractivity contribution < 1.29 is 18.4 Å². The molecule has 2 amide bonds. The topological polar surface area (TPSA) is 84.5 Å². The second-order valence-electron chi connectivity index (χ2n) is 4.44. The third-order valence-corrected chi connectivity index (χ3v) is 2.89. The van der Waals surface area contributed by atoms with Crippen LogP contribution in [0.1, 0.15) is 16.3 Å². The summed E-state index contributed by atoms with van der Waals surface area (Å²) in [4.78, 5) is 23.2. The number of nitrogens with one attached hydrogen (secondary N) is 2. The highest BCUT2D eigenvalue weighted by Gasteiger charge is 2.08. The van der Waals surface area contributed by atoms with Gasteiger partial charge in [0, 0.05) is 11.5 Å². The van der Waals surface area contributed by atoms with E-state index >= 15 is 0 Å². The Kier molecular flexibility index (Phi) is 3.74. The van der Waals surface area contributed by atoms with Crippen LogP contribution in [0.2, 0.25) is 0 Å². The largest absolute Gasteiger partial charge is 0.459 e. The fourth-order valence-corrected chi connectivity index (χ4v) is 1.87. The number of fused-ring (bicyclic) bond motifs is 1. The minimum atomic E-state index is -0.532. The lowest BCUT2D eigenvalue weighted by atomic mass is 10.2. The molecule has 0 spiro atoms. The van der Waals surface area contributed by atoms with Crippen molar-refractivity contribution in [1.82, 2.24) is 10.9 Å². The van der Waals surface area contributed by atoms with E-state index in [0.29, 0.717) is 5.76 Å². The first-order chi connectivity index (χ1) is 10.7. The van der Waals surface area contributed by atoms with Gasteiger partial charge in [0.05, 0.1) is 6.26 Å². The molecule has 22 heavy (non-hydrogen) atoms. The zero-order chi connectivity index (χ0) is 15.4. The summed E-state index contributed by atoms with van der Waals surface area (Å²) < 4.78 is 10.4. The summed E-state index contributed by atoms with van der Waals surface area (Å²) in [5.74, 6) is -0.355. The van der Waals surface area contributed by atoms with Crippen molar-refractivity contribution in [2.45, 2.75) is 0 Å². The van der Waals surface area contributed by atoms with Crippen molar-refractivity contribution in [3.8, 4) is 0 Å². The smallest absolute Gasteiger partial charge is 0.305 e. The Balaban J connectivity index is 1.58. The molecule has 3 rings (SSSR count). The van der Waals surface area contributed by atoms with E-state index in [-0.39, 0.29) is 5.76 Å². The number of amides is 2. The molecule has 0 bridgehead atoms. The van der Waals surface area contributed by atoms with Gasteiger partial charge in [0.25, 0.3) is 5.91 Å². The Bertz CT molecular complexity index is 798. The average Bonchev–Trinajstić information content (AvgIpc) is 3.19. The monoisotopic (exact) mass is 296 g/mol. The first-order valence-electron chi connectivity index (χ1n) is 6.53. The van der Waals surface area contributed by atoms with Crippen molar-refractivity contribution in [2.24, 2.45) is 0 Å². The predicted octanol–water partition coefficient (Wildman–Crippen LogP) is 2.50. The highest BCUT2D eigenvalue weighted by Crippen LogP contribution is 2.19. The maximum Gasteiger partial charge on any atom is 0.305 e. The second-order valence-corrected chi connectivity index (χ2v) is 4.44. The van der Waals surface area contributed by atoms with Crippen LogP contribution in [0.3, 0.4) is 0 Å². The second kappa shape index (κ2) is 6.01. The van der Waals surface area contributed by atoms with Crippen molar-refractivity contribution in [3.63, 3.8) is 0 Å². The molecule has 0 fully saturated rings. The molecule has 0 atom stereocenters. The molecule has 2 N–H and O–H groups in total. The third-order valence-electron chi connectivity index (χ3n) is 2.89. The molecule has 1 aromatic carbocycles. The predicted molar refractivity (Wildman–Crippen MR) is 79.6 cm³/mol. The fourth-order valence-electron chi connectivity index (χ4n) is 1.87. The lowest BCUT2D eigenvalue weighted by Crippen LogP contribution is -2.40. The number of hydrogen-bond acceptors (Lipinski definition) is 4. The molecule has 2 heterocycles.